The Hall–Kier alpha value is -2.90. The molecule has 3 heterocycles. The summed E-state index contributed by atoms with van der Waals surface area (Å²) in [5.41, 5.74) is 2.63. The first-order chi connectivity index (χ1) is 14.7. The minimum atomic E-state index is -0.224. The molecule has 0 aliphatic carbocycles. The molecule has 1 N–H and O–H groups in total. The van der Waals surface area contributed by atoms with Crippen molar-refractivity contribution in [3.8, 4) is 11.5 Å². The molecule has 0 spiro atoms. The van der Waals surface area contributed by atoms with Gasteiger partial charge >= 0.3 is 0 Å². The normalized spacial score (nSPS) is 15.7. The van der Waals surface area contributed by atoms with E-state index >= 15 is 0 Å². The number of benzene rings is 1. The molecule has 0 bridgehead atoms. The maximum atomic E-state index is 13.9. The number of aromatic nitrogens is 3. The number of nitrogens with one attached hydrogen (secondary N) is 1. The van der Waals surface area contributed by atoms with Gasteiger partial charge in [-0.3, -0.25) is 9.88 Å². The number of halogens is 1. The molecule has 30 heavy (non-hydrogen) atoms. The molecule has 0 amide bonds. The van der Waals surface area contributed by atoms with Gasteiger partial charge in [-0.05, 0) is 36.2 Å². The van der Waals surface area contributed by atoms with Crippen LogP contribution in [-0.4, -0.2) is 52.7 Å². The second-order valence-electron chi connectivity index (χ2n) is 7.24. The highest BCUT2D eigenvalue weighted by atomic mass is 19.1. The number of rotatable bonds is 7. The van der Waals surface area contributed by atoms with E-state index in [2.05, 4.69) is 32.1 Å². The number of morpholine rings is 1. The van der Waals surface area contributed by atoms with Gasteiger partial charge in [-0.15, -0.1) is 0 Å². The molecule has 4 rings (SSSR count). The Labute approximate surface area is 176 Å². The molecular weight excluding hydrogens is 381 g/mol. The van der Waals surface area contributed by atoms with Gasteiger partial charge in [-0.2, -0.15) is 0 Å². The topological polar surface area (TPSA) is 63.2 Å². The van der Waals surface area contributed by atoms with Gasteiger partial charge in [-0.25, -0.2) is 14.4 Å². The van der Waals surface area contributed by atoms with Crippen LogP contribution in [-0.2, 0) is 11.2 Å². The first-order valence-electron chi connectivity index (χ1n) is 10.3. The average molecular weight is 407 g/mol. The lowest BCUT2D eigenvalue weighted by Crippen LogP contribution is -2.41. The van der Waals surface area contributed by atoms with E-state index in [1.165, 1.54) is 6.07 Å². The summed E-state index contributed by atoms with van der Waals surface area (Å²) in [6, 6.07) is 14.5. The Morgan fingerprint density at radius 2 is 1.97 bits per heavy atom. The molecule has 0 saturated carbocycles. The van der Waals surface area contributed by atoms with Crippen molar-refractivity contribution in [1.82, 2.24) is 19.9 Å². The summed E-state index contributed by atoms with van der Waals surface area (Å²) in [7, 11) is 0. The third-order valence-corrected chi connectivity index (χ3v) is 5.23. The summed E-state index contributed by atoms with van der Waals surface area (Å²) in [6.45, 7) is 5.66. The van der Waals surface area contributed by atoms with Crippen molar-refractivity contribution < 1.29 is 9.13 Å². The van der Waals surface area contributed by atoms with Crippen molar-refractivity contribution in [2.45, 2.75) is 19.4 Å². The molecule has 1 fully saturated rings. The van der Waals surface area contributed by atoms with Gasteiger partial charge in [0.05, 0.1) is 19.3 Å². The molecule has 1 saturated heterocycles. The van der Waals surface area contributed by atoms with Crippen LogP contribution in [0.25, 0.3) is 11.5 Å². The largest absolute Gasteiger partial charge is 0.379 e. The monoisotopic (exact) mass is 407 g/mol. The zero-order valence-corrected chi connectivity index (χ0v) is 17.1. The maximum Gasteiger partial charge on any atom is 0.180 e. The summed E-state index contributed by atoms with van der Waals surface area (Å²) in [5, 5.41) is 3.46. The quantitative estimate of drug-likeness (QED) is 0.644. The van der Waals surface area contributed by atoms with E-state index in [9.17, 15) is 4.39 Å². The minimum Gasteiger partial charge on any atom is -0.379 e. The van der Waals surface area contributed by atoms with E-state index in [0.717, 1.165) is 42.3 Å². The van der Waals surface area contributed by atoms with E-state index in [0.29, 0.717) is 25.6 Å². The van der Waals surface area contributed by atoms with Crippen LogP contribution in [0.1, 0.15) is 24.2 Å². The first-order valence-corrected chi connectivity index (χ1v) is 10.3. The molecule has 2 aromatic heterocycles. The number of anilines is 1. The van der Waals surface area contributed by atoms with Gasteiger partial charge in [0.15, 0.2) is 5.82 Å². The molecule has 1 aliphatic rings. The molecule has 156 valence electrons. The lowest BCUT2D eigenvalue weighted by Gasteiger charge is -2.35. The van der Waals surface area contributed by atoms with Gasteiger partial charge in [0.2, 0.25) is 0 Å². The van der Waals surface area contributed by atoms with Crippen molar-refractivity contribution in [2.75, 3.05) is 38.2 Å². The highest BCUT2D eigenvalue weighted by Crippen LogP contribution is 2.24. The third kappa shape index (κ3) is 4.98. The van der Waals surface area contributed by atoms with E-state index in [1.54, 1.807) is 18.3 Å². The Balaban J connectivity index is 1.58. The Morgan fingerprint density at radius 1 is 1.10 bits per heavy atom. The molecule has 7 heteroatoms. The van der Waals surface area contributed by atoms with Crippen molar-refractivity contribution in [3.05, 3.63) is 71.8 Å². The van der Waals surface area contributed by atoms with Crippen LogP contribution < -0.4 is 5.32 Å². The second-order valence-corrected chi connectivity index (χ2v) is 7.24. The van der Waals surface area contributed by atoms with E-state index in [-0.39, 0.29) is 11.9 Å². The number of hydrogen-bond donors (Lipinski definition) is 1. The van der Waals surface area contributed by atoms with Gasteiger partial charge < -0.3 is 10.1 Å². The molecule has 3 aromatic rings. The van der Waals surface area contributed by atoms with Gasteiger partial charge in [0.25, 0.3) is 0 Å². The zero-order valence-electron chi connectivity index (χ0n) is 17.1. The Bertz CT molecular complexity index is 963. The minimum absolute atomic E-state index is 0.0166. The van der Waals surface area contributed by atoms with Crippen LogP contribution in [0.2, 0.25) is 0 Å². The zero-order chi connectivity index (χ0) is 20.8. The summed E-state index contributed by atoms with van der Waals surface area (Å²) in [4.78, 5) is 16.0. The van der Waals surface area contributed by atoms with Crippen LogP contribution >= 0.6 is 0 Å². The SMILES string of the molecule is CCc1cc(NCC(c2cccc(F)c2)N2CCOCC2)nc(-c2ccccn2)n1. The van der Waals surface area contributed by atoms with Crippen molar-refractivity contribution in [1.29, 1.82) is 0 Å². The average Bonchev–Trinajstić information content (AvgIpc) is 2.80. The van der Waals surface area contributed by atoms with E-state index in [4.69, 9.17) is 4.74 Å². The molecule has 1 aliphatic heterocycles. The summed E-state index contributed by atoms with van der Waals surface area (Å²) in [5.74, 6) is 1.13. The fourth-order valence-electron chi connectivity index (χ4n) is 3.64. The smallest absolute Gasteiger partial charge is 0.180 e. The Kier molecular flexibility index (Phi) is 6.61. The highest BCUT2D eigenvalue weighted by Gasteiger charge is 2.23. The number of nitrogens with zero attached hydrogens (tertiary/aromatic N) is 4. The van der Waals surface area contributed by atoms with Crippen molar-refractivity contribution in [3.63, 3.8) is 0 Å². The fourth-order valence-corrected chi connectivity index (χ4v) is 3.64. The van der Waals surface area contributed by atoms with Crippen LogP contribution in [0.5, 0.6) is 0 Å². The lowest BCUT2D eigenvalue weighted by molar-refractivity contribution is 0.0186. The summed E-state index contributed by atoms with van der Waals surface area (Å²) in [6.07, 6.45) is 2.54. The number of ether oxygens (including phenoxy) is 1. The molecule has 6 nitrogen and oxygen atoms in total. The fraction of sp³-hybridized carbons (Fsp3) is 0.348. The van der Waals surface area contributed by atoms with Crippen molar-refractivity contribution in [2.24, 2.45) is 0 Å². The van der Waals surface area contributed by atoms with Gasteiger partial charge in [0, 0.05) is 37.6 Å². The number of hydrogen-bond acceptors (Lipinski definition) is 6. The van der Waals surface area contributed by atoms with Crippen LogP contribution in [0.3, 0.4) is 0 Å². The van der Waals surface area contributed by atoms with Crippen LogP contribution in [0.15, 0.2) is 54.7 Å². The van der Waals surface area contributed by atoms with Crippen LogP contribution in [0.4, 0.5) is 10.2 Å². The molecule has 1 atom stereocenters. The maximum absolute atomic E-state index is 13.9. The van der Waals surface area contributed by atoms with E-state index < -0.39 is 0 Å². The molecule has 0 radical (unpaired) electrons. The first kappa shape index (κ1) is 20.4. The standard InChI is InChI=1S/C23H26FN5O/c1-2-19-15-22(28-23(27-19)20-8-3-4-9-25-20)26-16-21(29-10-12-30-13-11-29)17-6-5-7-18(24)14-17/h3-9,14-15,21H,2,10-13,16H2,1H3,(H,26,27,28). The van der Waals surface area contributed by atoms with Crippen LogP contribution in [0, 0.1) is 5.82 Å². The molecule has 1 aromatic carbocycles. The van der Waals surface area contributed by atoms with E-state index in [1.807, 2.05) is 30.3 Å². The summed E-state index contributed by atoms with van der Waals surface area (Å²) >= 11 is 0. The predicted molar refractivity (Wildman–Crippen MR) is 115 cm³/mol. The third-order valence-electron chi connectivity index (χ3n) is 5.23. The van der Waals surface area contributed by atoms with Gasteiger partial charge in [0.1, 0.15) is 17.3 Å². The van der Waals surface area contributed by atoms with Gasteiger partial charge in [-0.1, -0.05) is 25.1 Å². The second kappa shape index (κ2) is 9.73. The highest BCUT2D eigenvalue weighted by molar-refractivity contribution is 5.53. The summed E-state index contributed by atoms with van der Waals surface area (Å²) < 4.78 is 19.4. The predicted octanol–water partition coefficient (Wildman–Crippen LogP) is 3.73. The number of pyridine rings is 1. The molecular formula is C23H26FN5O. The number of aryl methyl sites for hydroxylation is 1. The lowest BCUT2D eigenvalue weighted by atomic mass is 10.0. The Morgan fingerprint density at radius 3 is 2.70 bits per heavy atom. The molecule has 1 unspecified atom stereocenters. The van der Waals surface area contributed by atoms with Crippen molar-refractivity contribution >= 4 is 5.82 Å².